The highest BCUT2D eigenvalue weighted by molar-refractivity contribution is 7.26. The van der Waals surface area contributed by atoms with Gasteiger partial charge in [-0.05, 0) is 135 Å². The third kappa shape index (κ3) is 5.12. The van der Waals surface area contributed by atoms with Gasteiger partial charge in [0.15, 0.2) is 0 Å². The second-order valence-electron chi connectivity index (χ2n) is 20.6. The van der Waals surface area contributed by atoms with Crippen molar-refractivity contribution < 1.29 is 0 Å². The van der Waals surface area contributed by atoms with E-state index in [0.717, 1.165) is 11.4 Å². The largest absolute Gasteiger partial charge is 0.310 e. The van der Waals surface area contributed by atoms with Crippen LogP contribution in [0.2, 0.25) is 0 Å². The normalized spacial score (nSPS) is 14.2. The van der Waals surface area contributed by atoms with Crippen LogP contribution in [0, 0.1) is 0 Å². The predicted molar refractivity (Wildman–Crippen MR) is 306 cm³/mol. The standard InChI is InChI=1S/C70H45NS/c1-69(2)59-31-12-7-25-50(59)53-28-18-35-64(67(53)69)71(42-37-38-47-45-21-4-3-19-43(45)44-20-5-6-22-46(44)56(47)39-42)65-41-63-57(40-58(65)55-30-17-29-54-52-27-11-16-36-66(52)72-68(54)55)51-26-10-15-34-62(51)70(63)60-32-13-8-23-48(60)49-24-9-14-33-61(49)70/h3-41H,1-2H3. The first kappa shape index (κ1) is 40.2. The molecule has 0 radical (unpaired) electrons. The van der Waals surface area contributed by atoms with Crippen molar-refractivity contribution in [3.63, 3.8) is 0 Å². The minimum atomic E-state index is -0.533. The van der Waals surface area contributed by atoms with Crippen LogP contribution in [0.3, 0.4) is 0 Å². The van der Waals surface area contributed by atoms with E-state index in [-0.39, 0.29) is 5.41 Å². The van der Waals surface area contributed by atoms with Gasteiger partial charge in [0.25, 0.3) is 0 Å². The van der Waals surface area contributed by atoms with Gasteiger partial charge in [-0.2, -0.15) is 0 Å². The Hall–Kier alpha value is -8.56. The molecule has 3 aliphatic rings. The van der Waals surface area contributed by atoms with Crippen molar-refractivity contribution in [1.29, 1.82) is 0 Å². The number of thiophene rings is 1. The van der Waals surface area contributed by atoms with E-state index >= 15 is 0 Å². The number of nitrogens with zero attached hydrogens (tertiary/aromatic N) is 1. The van der Waals surface area contributed by atoms with E-state index in [1.807, 2.05) is 11.3 Å². The van der Waals surface area contributed by atoms with Gasteiger partial charge in [-0.15, -0.1) is 11.3 Å². The Labute approximate surface area is 422 Å². The van der Waals surface area contributed by atoms with Gasteiger partial charge in [0.1, 0.15) is 0 Å². The average Bonchev–Trinajstić information content (AvgIpc) is 4.13. The van der Waals surface area contributed by atoms with Crippen LogP contribution in [0.4, 0.5) is 17.1 Å². The van der Waals surface area contributed by atoms with Crippen molar-refractivity contribution in [2.75, 3.05) is 4.90 Å². The monoisotopic (exact) mass is 931 g/mol. The molecule has 16 rings (SSSR count). The molecule has 0 unspecified atom stereocenters. The summed E-state index contributed by atoms with van der Waals surface area (Å²) < 4.78 is 2.61. The lowest BCUT2D eigenvalue weighted by Gasteiger charge is -2.35. The minimum Gasteiger partial charge on any atom is -0.310 e. The number of hydrogen-bond acceptors (Lipinski definition) is 2. The number of anilines is 3. The fourth-order valence-electron chi connectivity index (χ4n) is 13.9. The Kier molecular flexibility index (Phi) is 8.10. The molecule has 0 amide bonds. The summed E-state index contributed by atoms with van der Waals surface area (Å²) in [5, 5.41) is 10.2. The molecule has 12 aromatic carbocycles. The summed E-state index contributed by atoms with van der Waals surface area (Å²) in [6.45, 7) is 4.86. The molecule has 72 heavy (non-hydrogen) atoms. The molecule has 0 bridgehead atoms. The molecule has 0 saturated heterocycles. The summed E-state index contributed by atoms with van der Waals surface area (Å²) in [5.41, 5.74) is 21.0. The Bertz CT molecular complexity index is 4430. The lowest BCUT2D eigenvalue weighted by Crippen LogP contribution is -2.26. The summed E-state index contributed by atoms with van der Waals surface area (Å²) in [4.78, 5) is 2.67. The molecule has 3 aliphatic carbocycles. The highest BCUT2D eigenvalue weighted by Gasteiger charge is 2.52. The zero-order valence-electron chi connectivity index (χ0n) is 39.9. The van der Waals surface area contributed by atoms with Gasteiger partial charge in [-0.1, -0.05) is 214 Å². The zero-order chi connectivity index (χ0) is 47.5. The summed E-state index contributed by atoms with van der Waals surface area (Å²) in [5.74, 6) is 0. The molecular formula is C70H45NS. The SMILES string of the molecule is CC1(C)c2ccccc2-c2cccc(N(c3ccc4c5ccccc5c5ccccc5c4c3)c3cc4c(cc3-c3cccc5c3sc3ccccc35)-c3ccccc3C43c4ccccc4-c4ccccc43)c21. The van der Waals surface area contributed by atoms with E-state index in [0.29, 0.717) is 0 Å². The number of rotatable bonds is 4. The van der Waals surface area contributed by atoms with Crippen LogP contribution < -0.4 is 4.90 Å². The first-order valence-electron chi connectivity index (χ1n) is 25.3. The summed E-state index contributed by atoms with van der Waals surface area (Å²) in [7, 11) is 0. The lowest BCUT2D eigenvalue weighted by molar-refractivity contribution is 0.661. The van der Waals surface area contributed by atoms with Gasteiger partial charge in [0, 0.05) is 42.4 Å². The lowest BCUT2D eigenvalue weighted by atomic mass is 9.70. The molecule has 0 aliphatic heterocycles. The predicted octanol–water partition coefficient (Wildman–Crippen LogP) is 19.3. The minimum absolute atomic E-state index is 0.288. The quantitative estimate of drug-likeness (QED) is 0.159. The molecule has 1 nitrogen and oxygen atoms in total. The van der Waals surface area contributed by atoms with Gasteiger partial charge in [-0.3, -0.25) is 0 Å². The van der Waals surface area contributed by atoms with Crippen LogP contribution in [-0.4, -0.2) is 0 Å². The van der Waals surface area contributed by atoms with Crippen molar-refractivity contribution in [1.82, 2.24) is 0 Å². The van der Waals surface area contributed by atoms with Gasteiger partial charge in [0.2, 0.25) is 0 Å². The highest BCUT2D eigenvalue weighted by Crippen LogP contribution is 2.65. The Balaban J connectivity index is 1.09. The van der Waals surface area contributed by atoms with Crippen LogP contribution in [0.15, 0.2) is 237 Å². The third-order valence-electron chi connectivity index (χ3n) is 16.8. The Morgan fingerprint density at radius 1 is 0.306 bits per heavy atom. The topological polar surface area (TPSA) is 3.24 Å². The average molecular weight is 932 g/mol. The van der Waals surface area contributed by atoms with E-state index in [4.69, 9.17) is 0 Å². The molecule has 0 saturated carbocycles. The maximum absolute atomic E-state index is 2.67. The summed E-state index contributed by atoms with van der Waals surface area (Å²) >= 11 is 1.91. The molecule has 0 N–H and O–H groups in total. The smallest absolute Gasteiger partial charge is 0.0726 e. The Morgan fingerprint density at radius 3 is 1.43 bits per heavy atom. The molecule has 336 valence electrons. The van der Waals surface area contributed by atoms with Crippen LogP contribution in [-0.2, 0) is 10.8 Å². The van der Waals surface area contributed by atoms with Crippen molar-refractivity contribution in [2.45, 2.75) is 24.7 Å². The van der Waals surface area contributed by atoms with Crippen molar-refractivity contribution >= 4 is 80.9 Å². The molecular weight excluding hydrogens is 887 g/mol. The fraction of sp³-hybridized carbons (Fsp3) is 0.0571. The van der Waals surface area contributed by atoms with Gasteiger partial charge in [0.05, 0.1) is 16.8 Å². The first-order chi connectivity index (χ1) is 35.5. The molecule has 2 heteroatoms. The molecule has 1 heterocycles. The molecule has 1 aromatic heterocycles. The molecule has 1 spiro atoms. The molecule has 0 atom stereocenters. The number of fused-ring (bicyclic) bond motifs is 22. The van der Waals surface area contributed by atoms with E-state index in [2.05, 4.69) is 255 Å². The van der Waals surface area contributed by atoms with Crippen molar-refractivity contribution in [3.8, 4) is 44.5 Å². The summed E-state index contributed by atoms with van der Waals surface area (Å²) in [6.07, 6.45) is 0. The number of hydrogen-bond donors (Lipinski definition) is 0. The van der Waals surface area contributed by atoms with Crippen LogP contribution in [0.1, 0.15) is 47.2 Å². The van der Waals surface area contributed by atoms with E-state index in [1.54, 1.807) is 0 Å². The first-order valence-corrected chi connectivity index (χ1v) is 26.1. The second-order valence-corrected chi connectivity index (χ2v) is 21.7. The fourth-order valence-corrected chi connectivity index (χ4v) is 15.2. The van der Waals surface area contributed by atoms with E-state index in [1.165, 1.54) is 136 Å². The van der Waals surface area contributed by atoms with E-state index in [9.17, 15) is 0 Å². The van der Waals surface area contributed by atoms with Crippen molar-refractivity contribution in [2.24, 2.45) is 0 Å². The highest BCUT2D eigenvalue weighted by atomic mass is 32.1. The maximum Gasteiger partial charge on any atom is 0.0726 e. The van der Waals surface area contributed by atoms with Crippen LogP contribution >= 0.6 is 11.3 Å². The van der Waals surface area contributed by atoms with Gasteiger partial charge in [-0.25, -0.2) is 0 Å². The second kappa shape index (κ2) is 14.5. The Morgan fingerprint density at radius 2 is 0.778 bits per heavy atom. The maximum atomic E-state index is 2.67. The van der Waals surface area contributed by atoms with Gasteiger partial charge >= 0.3 is 0 Å². The summed E-state index contributed by atoms with van der Waals surface area (Å²) in [6, 6.07) is 90.1. The third-order valence-corrected chi connectivity index (χ3v) is 18.1. The van der Waals surface area contributed by atoms with Crippen molar-refractivity contribution in [3.05, 3.63) is 270 Å². The zero-order valence-corrected chi connectivity index (χ0v) is 40.7. The van der Waals surface area contributed by atoms with Gasteiger partial charge < -0.3 is 4.90 Å². The van der Waals surface area contributed by atoms with Crippen LogP contribution in [0.25, 0.3) is 97.0 Å². The van der Waals surface area contributed by atoms with E-state index < -0.39 is 5.41 Å². The molecule has 0 fully saturated rings. The molecule has 13 aromatic rings. The van der Waals surface area contributed by atoms with Crippen LogP contribution in [0.5, 0.6) is 0 Å². The number of benzene rings is 12.